The molecule has 0 fully saturated rings. The van der Waals surface area contributed by atoms with Crippen LogP contribution in [0.1, 0.15) is 28.7 Å². The van der Waals surface area contributed by atoms with E-state index in [1.54, 1.807) is 66.7 Å². The Kier molecular flexibility index (Phi) is 9.04. The summed E-state index contributed by atoms with van der Waals surface area (Å²) in [6.45, 7) is 0.735. The van der Waals surface area contributed by atoms with Crippen molar-refractivity contribution in [3.05, 3.63) is 89.0 Å². The van der Waals surface area contributed by atoms with Gasteiger partial charge in [-0.1, -0.05) is 30.3 Å². The van der Waals surface area contributed by atoms with E-state index in [0.29, 0.717) is 40.4 Å². The minimum Gasteiger partial charge on any atom is -0.497 e. The van der Waals surface area contributed by atoms with E-state index in [9.17, 15) is 18.0 Å². The number of benzene rings is 3. The molecular formula is C28H30F3NO5. The van der Waals surface area contributed by atoms with E-state index < -0.39 is 17.7 Å². The SMILES string of the molecule is CNCCCc1cc(C(OC(=O)C(F)(F)F)(c2ccc(OC)cc2)c2ccc(OC)cc2)ccc1OC. The predicted molar refractivity (Wildman–Crippen MR) is 133 cm³/mol. The van der Waals surface area contributed by atoms with Gasteiger partial charge in [-0.05, 0) is 68.4 Å². The predicted octanol–water partition coefficient (Wildman–Crippen LogP) is 5.26. The molecule has 198 valence electrons. The second-order valence-corrected chi connectivity index (χ2v) is 8.26. The summed E-state index contributed by atoms with van der Waals surface area (Å²) >= 11 is 0. The van der Waals surface area contributed by atoms with Crippen LogP contribution in [0.25, 0.3) is 0 Å². The fourth-order valence-electron chi connectivity index (χ4n) is 4.17. The minimum atomic E-state index is -5.22. The zero-order valence-electron chi connectivity index (χ0n) is 21.1. The summed E-state index contributed by atoms with van der Waals surface area (Å²) < 4.78 is 62.3. The third-order valence-electron chi connectivity index (χ3n) is 6.03. The Morgan fingerprint density at radius 3 is 1.73 bits per heavy atom. The molecule has 0 bridgehead atoms. The molecule has 0 saturated carbocycles. The lowest BCUT2D eigenvalue weighted by Crippen LogP contribution is -2.40. The second kappa shape index (κ2) is 12.0. The van der Waals surface area contributed by atoms with Crippen LogP contribution in [0, 0.1) is 0 Å². The Morgan fingerprint density at radius 1 is 0.784 bits per heavy atom. The van der Waals surface area contributed by atoms with Gasteiger partial charge >= 0.3 is 12.1 Å². The van der Waals surface area contributed by atoms with Crippen molar-refractivity contribution in [2.45, 2.75) is 24.6 Å². The fourth-order valence-corrected chi connectivity index (χ4v) is 4.17. The first-order valence-corrected chi connectivity index (χ1v) is 11.6. The molecule has 0 heterocycles. The smallest absolute Gasteiger partial charge is 0.490 e. The van der Waals surface area contributed by atoms with Crippen LogP contribution in [0.4, 0.5) is 13.2 Å². The Hall–Kier alpha value is -3.72. The Bertz CT molecular complexity index is 1130. The van der Waals surface area contributed by atoms with Crippen molar-refractivity contribution in [1.82, 2.24) is 5.32 Å². The summed E-state index contributed by atoms with van der Waals surface area (Å²) in [6.07, 6.45) is -3.87. The van der Waals surface area contributed by atoms with E-state index in [4.69, 9.17) is 18.9 Å². The maximum atomic E-state index is 13.6. The number of rotatable bonds is 11. The van der Waals surface area contributed by atoms with E-state index in [2.05, 4.69) is 5.32 Å². The topological polar surface area (TPSA) is 66.0 Å². The molecule has 3 rings (SSSR count). The fraction of sp³-hybridized carbons (Fsp3) is 0.321. The maximum Gasteiger partial charge on any atom is 0.490 e. The van der Waals surface area contributed by atoms with Gasteiger partial charge in [0, 0.05) is 16.7 Å². The molecule has 0 atom stereocenters. The molecule has 0 saturated heterocycles. The molecule has 9 heteroatoms. The lowest BCUT2D eigenvalue weighted by molar-refractivity contribution is -0.209. The quantitative estimate of drug-likeness (QED) is 0.213. The van der Waals surface area contributed by atoms with Gasteiger partial charge in [0.15, 0.2) is 5.60 Å². The van der Waals surface area contributed by atoms with Gasteiger partial charge in [-0.15, -0.1) is 0 Å². The Balaban J connectivity index is 2.33. The van der Waals surface area contributed by atoms with Crippen molar-refractivity contribution in [2.24, 2.45) is 0 Å². The number of carbonyl (C=O) groups is 1. The van der Waals surface area contributed by atoms with Crippen molar-refractivity contribution >= 4 is 5.97 Å². The number of hydrogen-bond donors (Lipinski definition) is 1. The summed E-state index contributed by atoms with van der Waals surface area (Å²) in [5.74, 6) is -0.735. The van der Waals surface area contributed by atoms with Crippen molar-refractivity contribution in [2.75, 3.05) is 34.9 Å². The highest BCUT2D eigenvalue weighted by Crippen LogP contribution is 2.44. The average molecular weight is 518 g/mol. The number of ether oxygens (including phenoxy) is 4. The first-order valence-electron chi connectivity index (χ1n) is 11.6. The van der Waals surface area contributed by atoms with Gasteiger partial charge in [0.05, 0.1) is 21.3 Å². The van der Waals surface area contributed by atoms with Gasteiger partial charge in [-0.2, -0.15) is 13.2 Å². The third-order valence-corrected chi connectivity index (χ3v) is 6.03. The molecule has 3 aromatic carbocycles. The van der Waals surface area contributed by atoms with Crippen LogP contribution in [0.3, 0.4) is 0 Å². The van der Waals surface area contributed by atoms with Crippen LogP contribution >= 0.6 is 0 Å². The zero-order chi connectivity index (χ0) is 27.1. The van der Waals surface area contributed by atoms with Crippen LogP contribution in [-0.2, 0) is 21.6 Å². The van der Waals surface area contributed by atoms with Gasteiger partial charge < -0.3 is 24.3 Å². The molecule has 3 aromatic rings. The second-order valence-electron chi connectivity index (χ2n) is 8.26. The van der Waals surface area contributed by atoms with Crippen molar-refractivity contribution in [1.29, 1.82) is 0 Å². The molecule has 37 heavy (non-hydrogen) atoms. The van der Waals surface area contributed by atoms with E-state index >= 15 is 0 Å². The molecule has 0 radical (unpaired) electrons. The van der Waals surface area contributed by atoms with E-state index in [1.165, 1.54) is 21.3 Å². The number of halogens is 3. The van der Waals surface area contributed by atoms with E-state index in [0.717, 1.165) is 18.5 Å². The molecule has 1 N–H and O–H groups in total. The molecule has 0 aliphatic carbocycles. The van der Waals surface area contributed by atoms with Gasteiger partial charge in [0.25, 0.3) is 0 Å². The highest BCUT2D eigenvalue weighted by Gasteiger charge is 2.49. The monoisotopic (exact) mass is 517 g/mol. The lowest BCUT2D eigenvalue weighted by atomic mass is 9.79. The van der Waals surface area contributed by atoms with Crippen LogP contribution in [0.5, 0.6) is 17.2 Å². The Labute approximate surface area is 214 Å². The number of hydrogen-bond acceptors (Lipinski definition) is 6. The number of methoxy groups -OCH3 is 3. The van der Waals surface area contributed by atoms with Gasteiger partial charge in [0.2, 0.25) is 0 Å². The highest BCUT2D eigenvalue weighted by molar-refractivity contribution is 5.77. The summed E-state index contributed by atoms with van der Waals surface area (Å²) in [6, 6.07) is 17.8. The van der Waals surface area contributed by atoms with Crippen molar-refractivity contribution in [3.63, 3.8) is 0 Å². The summed E-state index contributed by atoms with van der Waals surface area (Å²) in [4.78, 5) is 12.4. The summed E-state index contributed by atoms with van der Waals surface area (Å²) in [7, 11) is 6.33. The molecule has 0 aromatic heterocycles. The Morgan fingerprint density at radius 2 is 1.30 bits per heavy atom. The summed E-state index contributed by atoms with van der Waals surface area (Å²) in [5.41, 5.74) is -0.218. The van der Waals surface area contributed by atoms with Crippen LogP contribution < -0.4 is 19.5 Å². The number of alkyl halides is 3. The lowest BCUT2D eigenvalue weighted by Gasteiger charge is -2.36. The third kappa shape index (κ3) is 6.17. The zero-order valence-corrected chi connectivity index (χ0v) is 21.1. The number of nitrogens with one attached hydrogen (secondary N) is 1. The summed E-state index contributed by atoms with van der Waals surface area (Å²) in [5, 5.41) is 3.08. The van der Waals surface area contributed by atoms with E-state index in [-0.39, 0.29) is 0 Å². The van der Waals surface area contributed by atoms with E-state index in [1.807, 2.05) is 7.05 Å². The van der Waals surface area contributed by atoms with Crippen LogP contribution in [-0.4, -0.2) is 47.1 Å². The highest BCUT2D eigenvalue weighted by atomic mass is 19.4. The standard InChI is InChI=1S/C28H30F3NO5/c1-32-17-5-6-19-18-22(11-16-25(19)36-4)27(37-26(33)28(29,30)31,20-7-12-23(34-2)13-8-20)21-9-14-24(35-3)15-10-21/h7-16,18,32H,5-6,17H2,1-4H3. The molecule has 0 aliphatic rings. The molecule has 0 unspecified atom stereocenters. The minimum absolute atomic E-state index is 0.308. The molecule has 0 aliphatic heterocycles. The molecule has 0 spiro atoms. The molecule has 6 nitrogen and oxygen atoms in total. The van der Waals surface area contributed by atoms with Crippen molar-refractivity contribution in [3.8, 4) is 17.2 Å². The largest absolute Gasteiger partial charge is 0.497 e. The maximum absolute atomic E-state index is 13.6. The first kappa shape index (κ1) is 27.9. The average Bonchev–Trinajstić information content (AvgIpc) is 2.91. The van der Waals surface area contributed by atoms with Crippen molar-refractivity contribution < 1.29 is 36.9 Å². The van der Waals surface area contributed by atoms with Gasteiger partial charge in [0.1, 0.15) is 17.2 Å². The normalized spacial score (nSPS) is 11.6. The van der Waals surface area contributed by atoms with Gasteiger partial charge in [-0.25, -0.2) is 4.79 Å². The van der Waals surface area contributed by atoms with Gasteiger partial charge in [-0.3, -0.25) is 0 Å². The number of carbonyl (C=O) groups excluding carboxylic acids is 1. The number of aryl methyl sites for hydroxylation is 1. The number of esters is 1. The molecular weight excluding hydrogens is 487 g/mol. The van der Waals surface area contributed by atoms with Crippen LogP contribution in [0.15, 0.2) is 66.7 Å². The van der Waals surface area contributed by atoms with Crippen LogP contribution in [0.2, 0.25) is 0 Å². The first-order chi connectivity index (χ1) is 17.7. The molecule has 0 amide bonds.